The Bertz CT molecular complexity index is 930. The molecule has 0 unspecified atom stereocenters. The van der Waals surface area contributed by atoms with Crippen molar-refractivity contribution < 1.29 is 17.9 Å². The van der Waals surface area contributed by atoms with Crippen LogP contribution in [0, 0.1) is 0 Å². The fraction of sp³-hybridized carbons (Fsp3) is 0.381. The van der Waals surface area contributed by atoms with Gasteiger partial charge in [0.15, 0.2) is 0 Å². The first-order valence-electron chi connectivity index (χ1n) is 9.40. The number of amides is 1. The Labute approximate surface area is 177 Å². The predicted molar refractivity (Wildman–Crippen MR) is 117 cm³/mol. The first-order valence-corrected chi connectivity index (χ1v) is 11.6. The van der Waals surface area contributed by atoms with Gasteiger partial charge in [-0.3, -0.25) is 9.10 Å². The van der Waals surface area contributed by atoms with E-state index in [1.807, 2.05) is 38.1 Å². The highest BCUT2D eigenvalue weighted by Gasteiger charge is 2.31. The van der Waals surface area contributed by atoms with E-state index in [4.69, 9.17) is 16.3 Å². The lowest BCUT2D eigenvalue weighted by Gasteiger charge is -2.30. The number of rotatable bonds is 9. The van der Waals surface area contributed by atoms with E-state index in [9.17, 15) is 13.2 Å². The lowest BCUT2D eigenvalue weighted by atomic mass is 10.1. The van der Waals surface area contributed by atoms with E-state index in [-0.39, 0.29) is 18.6 Å². The van der Waals surface area contributed by atoms with Gasteiger partial charge in [0.2, 0.25) is 15.9 Å². The summed E-state index contributed by atoms with van der Waals surface area (Å²) in [7, 11) is -3.68. The number of nitrogens with one attached hydrogen (secondary N) is 1. The van der Waals surface area contributed by atoms with E-state index in [1.165, 1.54) is 0 Å². The Hall–Kier alpha value is -2.25. The zero-order valence-corrected chi connectivity index (χ0v) is 18.6. The number of carbonyl (C=O) groups excluding carboxylic acids is 1. The molecular formula is C21H27ClN2O4S. The van der Waals surface area contributed by atoms with E-state index >= 15 is 0 Å². The SMILES string of the molecule is CC[C@H](C(=O)NCc1cccc(OC(C)C)c1)N(c1ccc(Cl)cc1)S(C)(=O)=O. The Morgan fingerprint density at radius 1 is 1.17 bits per heavy atom. The van der Waals surface area contributed by atoms with E-state index in [0.717, 1.165) is 21.9 Å². The number of carbonyl (C=O) groups is 1. The second kappa shape index (κ2) is 9.98. The zero-order valence-electron chi connectivity index (χ0n) is 17.1. The molecule has 0 aromatic heterocycles. The Morgan fingerprint density at radius 2 is 1.83 bits per heavy atom. The molecule has 0 bridgehead atoms. The van der Waals surface area contributed by atoms with Crippen LogP contribution in [0.25, 0.3) is 0 Å². The summed E-state index contributed by atoms with van der Waals surface area (Å²) in [4.78, 5) is 12.9. The van der Waals surface area contributed by atoms with Gasteiger partial charge in [-0.2, -0.15) is 0 Å². The number of anilines is 1. The van der Waals surface area contributed by atoms with Crippen molar-refractivity contribution in [2.75, 3.05) is 10.6 Å². The number of benzene rings is 2. The molecule has 0 aliphatic heterocycles. The van der Waals surface area contributed by atoms with Crippen LogP contribution < -0.4 is 14.4 Å². The van der Waals surface area contributed by atoms with Gasteiger partial charge in [-0.1, -0.05) is 30.7 Å². The number of halogens is 1. The molecule has 0 saturated carbocycles. The highest BCUT2D eigenvalue weighted by molar-refractivity contribution is 7.92. The maximum Gasteiger partial charge on any atom is 0.244 e. The largest absolute Gasteiger partial charge is 0.491 e. The van der Waals surface area contributed by atoms with Crippen LogP contribution in [-0.4, -0.2) is 32.7 Å². The highest BCUT2D eigenvalue weighted by Crippen LogP contribution is 2.24. The molecule has 0 aliphatic rings. The molecule has 29 heavy (non-hydrogen) atoms. The fourth-order valence-electron chi connectivity index (χ4n) is 2.96. The molecule has 8 heteroatoms. The average Bonchev–Trinajstić information content (AvgIpc) is 2.64. The number of hydrogen-bond acceptors (Lipinski definition) is 4. The predicted octanol–water partition coefficient (Wildman–Crippen LogP) is 3.99. The van der Waals surface area contributed by atoms with Gasteiger partial charge in [-0.05, 0) is 62.2 Å². The Kier molecular flexibility index (Phi) is 7.93. The molecule has 1 N–H and O–H groups in total. The smallest absolute Gasteiger partial charge is 0.244 e. The number of ether oxygens (including phenoxy) is 1. The van der Waals surface area contributed by atoms with Crippen molar-refractivity contribution >= 4 is 33.2 Å². The summed E-state index contributed by atoms with van der Waals surface area (Å²) < 4.78 is 31.7. The molecule has 158 valence electrons. The lowest BCUT2D eigenvalue weighted by molar-refractivity contribution is -0.122. The molecule has 0 aliphatic carbocycles. The molecule has 1 amide bonds. The van der Waals surface area contributed by atoms with Crippen LogP contribution in [0.1, 0.15) is 32.8 Å². The van der Waals surface area contributed by atoms with Crippen LogP contribution in [0.3, 0.4) is 0 Å². The second-order valence-electron chi connectivity index (χ2n) is 6.99. The highest BCUT2D eigenvalue weighted by atomic mass is 35.5. The topological polar surface area (TPSA) is 75.7 Å². The van der Waals surface area contributed by atoms with E-state index in [1.54, 1.807) is 31.2 Å². The monoisotopic (exact) mass is 438 g/mol. The molecule has 2 rings (SSSR count). The van der Waals surface area contributed by atoms with Gasteiger partial charge in [-0.15, -0.1) is 0 Å². The standard InChI is InChI=1S/C21H27ClN2O4S/c1-5-20(24(29(4,26)27)18-11-9-17(22)10-12-18)21(25)23-14-16-7-6-8-19(13-16)28-15(2)3/h6-13,15,20H,5,14H2,1-4H3,(H,23,25)/t20-/m1/s1. The van der Waals surface area contributed by atoms with Crippen LogP contribution in [0.5, 0.6) is 5.75 Å². The van der Waals surface area contributed by atoms with Gasteiger partial charge in [0.1, 0.15) is 11.8 Å². The molecule has 6 nitrogen and oxygen atoms in total. The quantitative estimate of drug-likeness (QED) is 0.642. The van der Waals surface area contributed by atoms with Crippen molar-refractivity contribution in [1.82, 2.24) is 5.32 Å². The molecule has 2 aromatic carbocycles. The van der Waals surface area contributed by atoms with Gasteiger partial charge in [0, 0.05) is 11.6 Å². The van der Waals surface area contributed by atoms with Gasteiger partial charge >= 0.3 is 0 Å². The molecule has 0 radical (unpaired) electrons. The first-order chi connectivity index (χ1) is 13.6. The van der Waals surface area contributed by atoms with E-state index < -0.39 is 16.1 Å². The van der Waals surface area contributed by atoms with Crippen molar-refractivity contribution in [1.29, 1.82) is 0 Å². The maximum atomic E-state index is 12.9. The van der Waals surface area contributed by atoms with Gasteiger partial charge < -0.3 is 10.1 Å². The van der Waals surface area contributed by atoms with Crippen LogP contribution in [0.15, 0.2) is 48.5 Å². The van der Waals surface area contributed by atoms with Crippen molar-refractivity contribution in [2.45, 2.75) is 45.9 Å². The normalized spacial score (nSPS) is 12.5. The summed E-state index contributed by atoms with van der Waals surface area (Å²) >= 11 is 5.91. The summed E-state index contributed by atoms with van der Waals surface area (Å²) in [6.45, 7) is 5.92. The summed E-state index contributed by atoms with van der Waals surface area (Å²) in [6.07, 6.45) is 1.45. The zero-order chi connectivity index (χ0) is 21.6. The van der Waals surface area contributed by atoms with Crippen molar-refractivity contribution in [3.63, 3.8) is 0 Å². The third-order valence-electron chi connectivity index (χ3n) is 4.15. The van der Waals surface area contributed by atoms with Crippen LogP contribution in [-0.2, 0) is 21.4 Å². The molecule has 0 heterocycles. The number of hydrogen-bond donors (Lipinski definition) is 1. The summed E-state index contributed by atoms with van der Waals surface area (Å²) in [5, 5.41) is 3.33. The molecule has 0 fully saturated rings. The van der Waals surface area contributed by atoms with Crippen LogP contribution in [0.4, 0.5) is 5.69 Å². The van der Waals surface area contributed by atoms with Crippen LogP contribution >= 0.6 is 11.6 Å². The molecular weight excluding hydrogens is 412 g/mol. The summed E-state index contributed by atoms with van der Waals surface area (Å²) in [6, 6.07) is 12.9. The van der Waals surface area contributed by atoms with Gasteiger partial charge in [0.25, 0.3) is 0 Å². The van der Waals surface area contributed by atoms with Crippen molar-refractivity contribution in [3.8, 4) is 5.75 Å². The number of nitrogens with zero attached hydrogens (tertiary/aromatic N) is 1. The summed E-state index contributed by atoms with van der Waals surface area (Å²) in [5.74, 6) is 0.348. The third kappa shape index (κ3) is 6.65. The minimum absolute atomic E-state index is 0.0482. The summed E-state index contributed by atoms with van der Waals surface area (Å²) in [5.41, 5.74) is 1.26. The fourth-order valence-corrected chi connectivity index (χ4v) is 4.29. The molecule has 0 spiro atoms. The maximum absolute atomic E-state index is 12.9. The first kappa shape index (κ1) is 23.0. The van der Waals surface area contributed by atoms with Gasteiger partial charge in [0.05, 0.1) is 18.0 Å². The minimum atomic E-state index is -3.68. The number of sulfonamides is 1. The van der Waals surface area contributed by atoms with Crippen molar-refractivity contribution in [2.24, 2.45) is 0 Å². The minimum Gasteiger partial charge on any atom is -0.491 e. The van der Waals surface area contributed by atoms with Crippen molar-refractivity contribution in [3.05, 3.63) is 59.1 Å². The van der Waals surface area contributed by atoms with Crippen LogP contribution in [0.2, 0.25) is 5.02 Å². The molecule has 1 atom stereocenters. The third-order valence-corrected chi connectivity index (χ3v) is 5.58. The Balaban J connectivity index is 2.18. The Morgan fingerprint density at radius 3 is 2.38 bits per heavy atom. The lowest BCUT2D eigenvalue weighted by Crippen LogP contribution is -2.49. The molecule has 0 saturated heterocycles. The average molecular weight is 439 g/mol. The second-order valence-corrected chi connectivity index (χ2v) is 9.29. The van der Waals surface area contributed by atoms with E-state index in [2.05, 4.69) is 5.32 Å². The van der Waals surface area contributed by atoms with Gasteiger partial charge in [-0.25, -0.2) is 8.42 Å². The molecule has 2 aromatic rings. The van der Waals surface area contributed by atoms with E-state index in [0.29, 0.717) is 17.1 Å².